The zero-order valence-corrected chi connectivity index (χ0v) is 16.1. The van der Waals surface area contributed by atoms with E-state index in [0.717, 1.165) is 11.3 Å². The Kier molecular flexibility index (Phi) is 4.52. The summed E-state index contributed by atoms with van der Waals surface area (Å²) < 4.78 is 0. The van der Waals surface area contributed by atoms with E-state index in [1.807, 2.05) is 49.6 Å². The van der Waals surface area contributed by atoms with E-state index in [1.54, 1.807) is 6.07 Å². The number of nitrogens with zero attached hydrogens (tertiary/aromatic N) is 2. The number of hydrogen-bond donors (Lipinski definition) is 1. The van der Waals surface area contributed by atoms with E-state index >= 15 is 0 Å². The largest absolute Gasteiger partial charge is 0.298 e. The summed E-state index contributed by atoms with van der Waals surface area (Å²) in [5.74, 6) is -1.11. The van der Waals surface area contributed by atoms with Gasteiger partial charge in [0.25, 0.3) is 17.7 Å². The third-order valence-corrected chi connectivity index (χ3v) is 5.56. The van der Waals surface area contributed by atoms with Crippen LogP contribution in [0.2, 0.25) is 0 Å². The van der Waals surface area contributed by atoms with Crippen LogP contribution in [0, 0.1) is 6.92 Å². The maximum atomic E-state index is 12.9. The van der Waals surface area contributed by atoms with Gasteiger partial charge in [0, 0.05) is 10.9 Å². The van der Waals surface area contributed by atoms with Gasteiger partial charge in [0.1, 0.15) is 0 Å². The Labute approximate surface area is 165 Å². The highest BCUT2D eigenvalue weighted by Gasteiger charge is 2.39. The third kappa shape index (κ3) is 3.10. The minimum atomic E-state index is -0.399. The van der Waals surface area contributed by atoms with E-state index in [9.17, 15) is 14.4 Å². The highest BCUT2D eigenvalue weighted by atomic mass is 32.1. The number of imide groups is 1. The standard InChI is InChI=1S/C21H17N3O3S/c1-12-11-28-21(22-12)23-18(25)15-8-9-16-17(10-15)20(27)24(19(16)26)13(2)14-6-4-3-5-7-14/h3-11,13H,1-2H3,(H,22,23,25). The number of rotatable bonds is 4. The molecule has 0 radical (unpaired) electrons. The van der Waals surface area contributed by atoms with Gasteiger partial charge in [-0.25, -0.2) is 4.98 Å². The molecule has 0 aliphatic carbocycles. The molecule has 140 valence electrons. The first-order valence-electron chi connectivity index (χ1n) is 8.76. The Morgan fingerprint density at radius 2 is 1.79 bits per heavy atom. The van der Waals surface area contributed by atoms with Crippen LogP contribution in [0.15, 0.2) is 53.9 Å². The number of thiazole rings is 1. The number of benzene rings is 2. The minimum absolute atomic E-state index is 0.246. The fourth-order valence-electron chi connectivity index (χ4n) is 3.21. The Bertz CT molecular complexity index is 1090. The molecule has 4 rings (SSSR count). The fraction of sp³-hybridized carbons (Fsp3) is 0.143. The van der Waals surface area contributed by atoms with Gasteiger partial charge in [-0.15, -0.1) is 11.3 Å². The summed E-state index contributed by atoms with van der Waals surface area (Å²) in [5, 5.41) is 5.04. The zero-order valence-electron chi connectivity index (χ0n) is 15.3. The van der Waals surface area contributed by atoms with Crippen molar-refractivity contribution >= 4 is 34.2 Å². The molecule has 2 aromatic carbocycles. The molecular formula is C21H17N3O3S. The van der Waals surface area contributed by atoms with Crippen LogP contribution in [0.1, 0.15) is 55.3 Å². The normalized spacial score (nSPS) is 14.1. The molecule has 6 nitrogen and oxygen atoms in total. The predicted molar refractivity (Wildman–Crippen MR) is 107 cm³/mol. The van der Waals surface area contributed by atoms with E-state index in [0.29, 0.717) is 16.3 Å². The second kappa shape index (κ2) is 7.01. The summed E-state index contributed by atoms with van der Waals surface area (Å²) >= 11 is 1.33. The van der Waals surface area contributed by atoms with Crippen LogP contribution in [0.3, 0.4) is 0 Å². The van der Waals surface area contributed by atoms with Gasteiger partial charge in [-0.3, -0.25) is 24.6 Å². The lowest BCUT2D eigenvalue weighted by molar-refractivity contribution is 0.0595. The average molecular weight is 391 g/mol. The number of nitrogens with one attached hydrogen (secondary N) is 1. The Balaban J connectivity index is 1.61. The molecule has 1 unspecified atom stereocenters. The summed E-state index contributed by atoms with van der Waals surface area (Å²) in [4.78, 5) is 43.7. The highest BCUT2D eigenvalue weighted by molar-refractivity contribution is 7.13. The molecule has 7 heteroatoms. The molecule has 3 amide bonds. The van der Waals surface area contributed by atoms with E-state index in [-0.39, 0.29) is 17.4 Å². The molecule has 2 heterocycles. The maximum Gasteiger partial charge on any atom is 0.262 e. The number of carbonyl (C=O) groups excluding carboxylic acids is 3. The van der Waals surface area contributed by atoms with Crippen LogP contribution in [-0.2, 0) is 0 Å². The van der Waals surface area contributed by atoms with E-state index in [4.69, 9.17) is 0 Å². The molecule has 1 N–H and O–H groups in total. The zero-order chi connectivity index (χ0) is 19.8. The first-order valence-corrected chi connectivity index (χ1v) is 9.64. The lowest BCUT2D eigenvalue weighted by Crippen LogP contribution is -2.32. The number of anilines is 1. The van der Waals surface area contributed by atoms with Gasteiger partial charge in [0.15, 0.2) is 5.13 Å². The lowest BCUT2D eigenvalue weighted by atomic mass is 10.1. The number of hydrogen-bond acceptors (Lipinski definition) is 5. The van der Waals surface area contributed by atoms with E-state index < -0.39 is 11.9 Å². The number of aromatic nitrogens is 1. The number of fused-ring (bicyclic) bond motifs is 1. The first kappa shape index (κ1) is 18.1. The predicted octanol–water partition coefficient (Wildman–Crippen LogP) is 4.06. The molecule has 28 heavy (non-hydrogen) atoms. The smallest absolute Gasteiger partial charge is 0.262 e. The summed E-state index contributed by atoms with van der Waals surface area (Å²) in [6.07, 6.45) is 0. The minimum Gasteiger partial charge on any atom is -0.298 e. The van der Waals surface area contributed by atoms with Crippen molar-refractivity contribution in [2.45, 2.75) is 19.9 Å². The summed E-state index contributed by atoms with van der Waals surface area (Å²) in [6.45, 7) is 3.66. The number of amides is 3. The Hall–Kier alpha value is -3.32. The van der Waals surface area contributed by atoms with Crippen molar-refractivity contribution in [3.63, 3.8) is 0 Å². The topological polar surface area (TPSA) is 79.4 Å². The monoisotopic (exact) mass is 391 g/mol. The molecule has 3 aromatic rings. The molecule has 1 aromatic heterocycles. The van der Waals surface area contributed by atoms with Crippen molar-refractivity contribution in [2.24, 2.45) is 0 Å². The molecule has 1 atom stereocenters. The highest BCUT2D eigenvalue weighted by Crippen LogP contribution is 2.31. The Morgan fingerprint density at radius 3 is 2.46 bits per heavy atom. The number of carbonyl (C=O) groups is 3. The van der Waals surface area contributed by atoms with Crippen molar-refractivity contribution in [2.75, 3.05) is 5.32 Å². The molecule has 1 aliphatic rings. The summed E-state index contributed by atoms with van der Waals surface area (Å²) in [5.41, 5.74) is 2.56. The van der Waals surface area contributed by atoms with Crippen LogP contribution in [0.25, 0.3) is 0 Å². The first-order chi connectivity index (χ1) is 13.5. The molecular weight excluding hydrogens is 374 g/mol. The van der Waals surface area contributed by atoms with Crippen LogP contribution < -0.4 is 5.32 Å². The van der Waals surface area contributed by atoms with Gasteiger partial charge in [0.05, 0.1) is 22.9 Å². The second-order valence-electron chi connectivity index (χ2n) is 6.58. The molecule has 1 aliphatic heterocycles. The van der Waals surface area contributed by atoms with Crippen LogP contribution >= 0.6 is 11.3 Å². The average Bonchev–Trinajstić information content (AvgIpc) is 3.22. The van der Waals surface area contributed by atoms with Gasteiger partial charge in [-0.1, -0.05) is 30.3 Å². The van der Waals surface area contributed by atoms with E-state index in [1.165, 1.54) is 28.4 Å². The summed E-state index contributed by atoms with van der Waals surface area (Å²) in [7, 11) is 0. The SMILES string of the molecule is Cc1csc(NC(=O)c2ccc3c(c2)C(=O)N(C(C)c2ccccc2)C3=O)n1. The van der Waals surface area contributed by atoms with Gasteiger partial charge >= 0.3 is 0 Å². The third-order valence-electron chi connectivity index (χ3n) is 4.69. The van der Waals surface area contributed by atoms with Crippen molar-refractivity contribution in [3.8, 4) is 0 Å². The van der Waals surface area contributed by atoms with Gasteiger partial charge in [0.2, 0.25) is 0 Å². The van der Waals surface area contributed by atoms with Crippen LogP contribution in [0.4, 0.5) is 5.13 Å². The maximum absolute atomic E-state index is 12.9. The Morgan fingerprint density at radius 1 is 1.07 bits per heavy atom. The summed E-state index contributed by atoms with van der Waals surface area (Å²) in [6, 6.07) is 13.5. The van der Waals surface area contributed by atoms with Crippen molar-refractivity contribution in [3.05, 3.63) is 81.9 Å². The van der Waals surface area contributed by atoms with Crippen molar-refractivity contribution in [1.82, 2.24) is 9.88 Å². The quantitative estimate of drug-likeness (QED) is 0.680. The van der Waals surface area contributed by atoms with Gasteiger partial charge < -0.3 is 0 Å². The molecule has 0 saturated heterocycles. The second-order valence-corrected chi connectivity index (χ2v) is 7.43. The molecule has 0 fully saturated rings. The van der Waals surface area contributed by atoms with Crippen LogP contribution in [0.5, 0.6) is 0 Å². The van der Waals surface area contributed by atoms with Crippen LogP contribution in [-0.4, -0.2) is 27.6 Å². The van der Waals surface area contributed by atoms with E-state index in [2.05, 4.69) is 10.3 Å². The van der Waals surface area contributed by atoms with Gasteiger partial charge in [-0.05, 0) is 37.6 Å². The molecule has 0 spiro atoms. The van der Waals surface area contributed by atoms with Crippen molar-refractivity contribution in [1.29, 1.82) is 0 Å². The lowest BCUT2D eigenvalue weighted by Gasteiger charge is -2.22. The molecule has 0 saturated carbocycles. The number of aryl methyl sites for hydroxylation is 1. The van der Waals surface area contributed by atoms with Crippen molar-refractivity contribution < 1.29 is 14.4 Å². The fourth-order valence-corrected chi connectivity index (χ4v) is 3.90. The molecule has 0 bridgehead atoms. The van der Waals surface area contributed by atoms with Gasteiger partial charge in [-0.2, -0.15) is 0 Å².